The van der Waals surface area contributed by atoms with Gasteiger partial charge in [0, 0.05) is 11.6 Å². The highest BCUT2D eigenvalue weighted by atomic mass is 35.5. The third-order valence-corrected chi connectivity index (χ3v) is 3.53. The van der Waals surface area contributed by atoms with Gasteiger partial charge in [0.1, 0.15) is 11.9 Å². The summed E-state index contributed by atoms with van der Waals surface area (Å²) in [6.07, 6.45) is -0.620. The van der Waals surface area contributed by atoms with Crippen LogP contribution in [0.5, 0.6) is 0 Å². The molecular weight excluding hydrogens is 272 g/mol. The fraction of sp³-hybridized carbons (Fsp3) is 0.188. The molecule has 1 heterocycles. The first kappa shape index (κ1) is 13.2. The minimum Gasteiger partial charge on any atom is -0.385 e. The number of hydrogen-bond donors (Lipinski definition) is 1. The van der Waals surface area contributed by atoms with Crippen LogP contribution in [0.2, 0.25) is 5.02 Å². The summed E-state index contributed by atoms with van der Waals surface area (Å²) < 4.78 is 2.03. The summed E-state index contributed by atoms with van der Waals surface area (Å²) in [4.78, 5) is 4.50. The molecule has 20 heavy (non-hydrogen) atoms. The summed E-state index contributed by atoms with van der Waals surface area (Å²) in [5, 5.41) is 10.6. The average Bonchev–Trinajstić information content (AvgIpc) is 2.78. The fourth-order valence-corrected chi connectivity index (χ4v) is 2.54. The van der Waals surface area contributed by atoms with Gasteiger partial charge in [-0.15, -0.1) is 0 Å². The van der Waals surface area contributed by atoms with Crippen LogP contribution in [0, 0.1) is 0 Å². The summed E-state index contributed by atoms with van der Waals surface area (Å²) in [5.41, 5.74) is 2.96. The Morgan fingerprint density at radius 3 is 2.65 bits per heavy atom. The van der Waals surface area contributed by atoms with Crippen LogP contribution in [-0.4, -0.2) is 14.7 Å². The van der Waals surface area contributed by atoms with Crippen molar-refractivity contribution < 1.29 is 5.11 Å². The molecule has 0 spiro atoms. The predicted molar refractivity (Wildman–Crippen MR) is 80.9 cm³/mol. The lowest BCUT2D eigenvalue weighted by atomic mass is 10.2. The van der Waals surface area contributed by atoms with Crippen molar-refractivity contribution in [1.82, 2.24) is 9.55 Å². The van der Waals surface area contributed by atoms with Crippen LogP contribution in [0.1, 0.15) is 24.4 Å². The van der Waals surface area contributed by atoms with Gasteiger partial charge in [0.25, 0.3) is 0 Å². The lowest BCUT2D eigenvalue weighted by Crippen LogP contribution is -2.07. The molecule has 0 bridgehead atoms. The maximum atomic E-state index is 9.94. The van der Waals surface area contributed by atoms with Crippen molar-refractivity contribution in [3.05, 3.63) is 64.9 Å². The smallest absolute Gasteiger partial charge is 0.138 e. The number of imidazole rings is 1. The van der Waals surface area contributed by atoms with Crippen molar-refractivity contribution in [2.75, 3.05) is 0 Å². The highest BCUT2D eigenvalue weighted by Gasteiger charge is 2.15. The zero-order chi connectivity index (χ0) is 14.1. The zero-order valence-electron chi connectivity index (χ0n) is 11.1. The number of aliphatic hydroxyl groups is 1. The lowest BCUT2D eigenvalue weighted by Gasteiger charge is -2.11. The Morgan fingerprint density at radius 2 is 1.95 bits per heavy atom. The first-order valence-corrected chi connectivity index (χ1v) is 6.90. The van der Waals surface area contributed by atoms with E-state index in [0.717, 1.165) is 11.0 Å². The molecule has 0 saturated carbocycles. The van der Waals surface area contributed by atoms with E-state index < -0.39 is 6.10 Å². The van der Waals surface area contributed by atoms with E-state index in [-0.39, 0.29) is 0 Å². The molecule has 0 amide bonds. The molecule has 102 valence electrons. The maximum absolute atomic E-state index is 9.94. The van der Waals surface area contributed by atoms with Crippen LogP contribution in [-0.2, 0) is 6.54 Å². The minimum absolute atomic E-state index is 0.620. The third kappa shape index (κ3) is 2.42. The first-order valence-electron chi connectivity index (χ1n) is 6.53. The van der Waals surface area contributed by atoms with Crippen molar-refractivity contribution in [1.29, 1.82) is 0 Å². The normalized spacial score (nSPS) is 12.8. The first-order chi connectivity index (χ1) is 9.65. The van der Waals surface area contributed by atoms with Gasteiger partial charge in [-0.3, -0.25) is 0 Å². The van der Waals surface area contributed by atoms with Gasteiger partial charge >= 0.3 is 0 Å². The topological polar surface area (TPSA) is 38.1 Å². The van der Waals surface area contributed by atoms with Crippen molar-refractivity contribution >= 4 is 22.6 Å². The molecule has 1 aromatic heterocycles. The van der Waals surface area contributed by atoms with E-state index in [4.69, 9.17) is 11.6 Å². The van der Waals surface area contributed by atoms with Gasteiger partial charge in [0.2, 0.25) is 0 Å². The van der Waals surface area contributed by atoms with Crippen molar-refractivity contribution in [2.45, 2.75) is 19.6 Å². The predicted octanol–water partition coefficient (Wildman–Crippen LogP) is 3.79. The molecule has 3 rings (SSSR count). The van der Waals surface area contributed by atoms with Crippen LogP contribution in [0.4, 0.5) is 0 Å². The van der Waals surface area contributed by atoms with Crippen LogP contribution in [0.3, 0.4) is 0 Å². The number of fused-ring (bicyclic) bond motifs is 1. The molecule has 3 nitrogen and oxygen atoms in total. The SMILES string of the molecule is C[C@@H](O)c1nc2cc(Cl)ccc2n1Cc1ccccc1. The Balaban J connectivity index is 2.14. The average molecular weight is 287 g/mol. The van der Waals surface area contributed by atoms with E-state index >= 15 is 0 Å². The second-order valence-corrected chi connectivity index (χ2v) is 5.29. The van der Waals surface area contributed by atoms with Gasteiger partial charge in [0.15, 0.2) is 0 Å². The largest absolute Gasteiger partial charge is 0.385 e. The molecular formula is C16H15ClN2O. The van der Waals surface area contributed by atoms with E-state index in [2.05, 4.69) is 17.1 Å². The Hall–Kier alpha value is -1.84. The molecule has 1 N–H and O–H groups in total. The molecule has 4 heteroatoms. The van der Waals surface area contributed by atoms with Crippen LogP contribution < -0.4 is 0 Å². The molecule has 0 aliphatic rings. The van der Waals surface area contributed by atoms with Crippen LogP contribution >= 0.6 is 11.6 Å². The van der Waals surface area contributed by atoms with E-state index in [1.165, 1.54) is 5.56 Å². The monoisotopic (exact) mass is 286 g/mol. The van der Waals surface area contributed by atoms with Crippen LogP contribution in [0.15, 0.2) is 48.5 Å². The number of nitrogens with zero attached hydrogens (tertiary/aromatic N) is 2. The number of rotatable bonds is 3. The number of aliphatic hydroxyl groups excluding tert-OH is 1. The van der Waals surface area contributed by atoms with Gasteiger partial charge < -0.3 is 9.67 Å². The molecule has 1 atom stereocenters. The van der Waals surface area contributed by atoms with Gasteiger partial charge in [0.05, 0.1) is 11.0 Å². The van der Waals surface area contributed by atoms with Gasteiger partial charge in [-0.25, -0.2) is 4.98 Å². The van der Waals surface area contributed by atoms with Crippen molar-refractivity contribution in [3.63, 3.8) is 0 Å². The van der Waals surface area contributed by atoms with Crippen molar-refractivity contribution in [3.8, 4) is 0 Å². The number of aromatic nitrogens is 2. The van der Waals surface area contributed by atoms with Gasteiger partial charge in [-0.2, -0.15) is 0 Å². The summed E-state index contributed by atoms with van der Waals surface area (Å²) >= 11 is 6.01. The Bertz CT molecular complexity index is 735. The Kier molecular flexibility index (Phi) is 3.47. The second kappa shape index (κ2) is 5.27. The molecule has 2 aromatic carbocycles. The molecule has 0 unspecified atom stereocenters. The highest BCUT2D eigenvalue weighted by molar-refractivity contribution is 6.31. The Labute approximate surface area is 122 Å². The summed E-state index contributed by atoms with van der Waals surface area (Å²) in [6.45, 7) is 2.41. The standard InChI is InChI=1S/C16H15ClN2O/c1-11(20)16-18-14-9-13(17)7-8-15(14)19(16)10-12-5-3-2-4-6-12/h2-9,11,20H,10H2,1H3/t11-/m1/s1. The second-order valence-electron chi connectivity index (χ2n) is 4.85. The quantitative estimate of drug-likeness (QED) is 0.795. The minimum atomic E-state index is -0.620. The number of halogens is 1. The van der Waals surface area contributed by atoms with E-state index in [0.29, 0.717) is 17.4 Å². The molecule has 3 aromatic rings. The number of benzene rings is 2. The maximum Gasteiger partial charge on any atom is 0.138 e. The van der Waals surface area contributed by atoms with E-state index in [1.807, 2.05) is 41.0 Å². The summed E-state index contributed by atoms with van der Waals surface area (Å²) in [7, 11) is 0. The van der Waals surface area contributed by atoms with E-state index in [1.54, 1.807) is 6.92 Å². The third-order valence-electron chi connectivity index (χ3n) is 3.30. The number of hydrogen-bond acceptors (Lipinski definition) is 2. The molecule has 0 saturated heterocycles. The van der Waals surface area contributed by atoms with Gasteiger partial charge in [-0.05, 0) is 30.7 Å². The fourth-order valence-electron chi connectivity index (χ4n) is 2.37. The lowest BCUT2D eigenvalue weighted by molar-refractivity contribution is 0.185. The molecule has 0 aliphatic heterocycles. The van der Waals surface area contributed by atoms with Gasteiger partial charge in [-0.1, -0.05) is 41.9 Å². The van der Waals surface area contributed by atoms with Crippen LogP contribution in [0.25, 0.3) is 11.0 Å². The summed E-state index contributed by atoms with van der Waals surface area (Å²) in [5.74, 6) is 0.658. The Morgan fingerprint density at radius 1 is 1.20 bits per heavy atom. The summed E-state index contributed by atoms with van der Waals surface area (Å²) in [6, 6.07) is 15.7. The molecule has 0 radical (unpaired) electrons. The highest BCUT2D eigenvalue weighted by Crippen LogP contribution is 2.24. The molecule has 0 aliphatic carbocycles. The molecule has 0 fully saturated rings. The van der Waals surface area contributed by atoms with Crippen molar-refractivity contribution in [2.24, 2.45) is 0 Å². The van der Waals surface area contributed by atoms with E-state index in [9.17, 15) is 5.11 Å². The zero-order valence-corrected chi connectivity index (χ0v) is 11.9.